The van der Waals surface area contributed by atoms with Crippen LogP contribution in [-0.2, 0) is 4.74 Å². The number of hydrogen-bond donors (Lipinski definition) is 0. The first kappa shape index (κ1) is 11.8. The molecular weight excluding hydrogens is 267 g/mol. The van der Waals surface area contributed by atoms with Crippen molar-refractivity contribution in [2.45, 2.75) is 13.0 Å². The molecule has 0 amide bonds. The Kier molecular flexibility index (Phi) is 4.72. The van der Waals surface area contributed by atoms with E-state index in [1.54, 1.807) is 13.2 Å². The van der Waals surface area contributed by atoms with Crippen LogP contribution in [0, 0.1) is 0 Å². The third kappa shape index (κ3) is 3.48. The third-order valence-corrected chi connectivity index (χ3v) is 2.57. The van der Waals surface area contributed by atoms with E-state index in [2.05, 4.69) is 15.9 Å². The van der Waals surface area contributed by atoms with Gasteiger partial charge >= 0.3 is 0 Å². The maximum Gasteiger partial charge on any atom is 0.139 e. The Labute approximate surface area is 97.3 Å². The molecule has 0 aliphatic carbocycles. The normalized spacial score (nSPS) is 12.6. The lowest BCUT2D eigenvalue weighted by Gasteiger charge is -2.12. The first-order valence-corrected chi connectivity index (χ1v) is 5.41. The highest BCUT2D eigenvalue weighted by Gasteiger charge is 2.05. The van der Waals surface area contributed by atoms with Crippen molar-refractivity contribution in [3.63, 3.8) is 0 Å². The molecule has 78 valence electrons. The minimum Gasteiger partial charge on any atom is -0.489 e. The van der Waals surface area contributed by atoms with Crippen LogP contribution in [0.5, 0.6) is 5.75 Å². The zero-order valence-corrected chi connectivity index (χ0v) is 10.4. The molecule has 1 aromatic carbocycles. The van der Waals surface area contributed by atoms with Gasteiger partial charge in [-0.1, -0.05) is 27.5 Å². The molecule has 1 unspecified atom stereocenters. The van der Waals surface area contributed by atoms with Gasteiger partial charge in [0.1, 0.15) is 12.4 Å². The van der Waals surface area contributed by atoms with Crippen LogP contribution in [0.25, 0.3) is 0 Å². The Morgan fingerprint density at radius 3 is 2.86 bits per heavy atom. The molecule has 0 aromatic heterocycles. The van der Waals surface area contributed by atoms with Gasteiger partial charge in [0.25, 0.3) is 0 Å². The van der Waals surface area contributed by atoms with Crippen LogP contribution in [0.15, 0.2) is 22.7 Å². The molecule has 1 rings (SSSR count). The summed E-state index contributed by atoms with van der Waals surface area (Å²) >= 11 is 9.29. The molecule has 0 spiro atoms. The largest absolute Gasteiger partial charge is 0.489 e. The standard InChI is InChI=1S/C10H12BrClO2/c1-7(13-2)6-14-10-5-8(11)3-4-9(10)12/h3-5,7H,6H2,1-2H3. The summed E-state index contributed by atoms with van der Waals surface area (Å²) in [6.45, 7) is 2.43. The van der Waals surface area contributed by atoms with Gasteiger partial charge in [0, 0.05) is 11.6 Å². The van der Waals surface area contributed by atoms with Crippen LogP contribution in [0.1, 0.15) is 6.92 Å². The van der Waals surface area contributed by atoms with Gasteiger partial charge < -0.3 is 9.47 Å². The summed E-state index contributed by atoms with van der Waals surface area (Å²) in [5.41, 5.74) is 0. The maximum absolute atomic E-state index is 5.94. The number of methoxy groups -OCH3 is 1. The molecule has 0 saturated heterocycles. The number of halogens is 2. The van der Waals surface area contributed by atoms with E-state index in [9.17, 15) is 0 Å². The second-order valence-electron chi connectivity index (χ2n) is 2.93. The van der Waals surface area contributed by atoms with Crippen molar-refractivity contribution in [1.29, 1.82) is 0 Å². The van der Waals surface area contributed by atoms with Gasteiger partial charge in [-0.2, -0.15) is 0 Å². The first-order valence-electron chi connectivity index (χ1n) is 4.24. The fourth-order valence-electron chi connectivity index (χ4n) is 0.863. The van der Waals surface area contributed by atoms with E-state index >= 15 is 0 Å². The predicted molar refractivity (Wildman–Crippen MR) is 61.1 cm³/mol. The number of rotatable bonds is 4. The van der Waals surface area contributed by atoms with E-state index < -0.39 is 0 Å². The Bertz CT molecular complexity index is 304. The summed E-state index contributed by atoms with van der Waals surface area (Å²) in [5.74, 6) is 0.671. The molecule has 0 bridgehead atoms. The summed E-state index contributed by atoms with van der Waals surface area (Å²) in [6.07, 6.45) is 0.0602. The molecule has 0 aliphatic rings. The molecule has 0 fully saturated rings. The molecule has 0 aliphatic heterocycles. The maximum atomic E-state index is 5.94. The summed E-state index contributed by atoms with van der Waals surface area (Å²) in [4.78, 5) is 0. The van der Waals surface area contributed by atoms with Gasteiger partial charge in [-0.3, -0.25) is 0 Å². The average molecular weight is 280 g/mol. The smallest absolute Gasteiger partial charge is 0.139 e. The Hall–Kier alpha value is -0.250. The van der Waals surface area contributed by atoms with Crippen LogP contribution in [0.3, 0.4) is 0 Å². The van der Waals surface area contributed by atoms with Crippen LogP contribution >= 0.6 is 27.5 Å². The SMILES string of the molecule is COC(C)COc1cc(Br)ccc1Cl. The fraction of sp³-hybridized carbons (Fsp3) is 0.400. The topological polar surface area (TPSA) is 18.5 Å². The van der Waals surface area contributed by atoms with Gasteiger partial charge in [0.2, 0.25) is 0 Å². The van der Waals surface area contributed by atoms with E-state index in [4.69, 9.17) is 21.1 Å². The predicted octanol–water partition coefficient (Wildman–Crippen LogP) is 3.52. The molecular formula is C10H12BrClO2. The van der Waals surface area contributed by atoms with Crippen molar-refractivity contribution < 1.29 is 9.47 Å². The second-order valence-corrected chi connectivity index (χ2v) is 4.25. The molecule has 2 nitrogen and oxygen atoms in total. The highest BCUT2D eigenvalue weighted by atomic mass is 79.9. The zero-order chi connectivity index (χ0) is 10.6. The quantitative estimate of drug-likeness (QED) is 0.839. The zero-order valence-electron chi connectivity index (χ0n) is 8.09. The number of ether oxygens (including phenoxy) is 2. The van der Waals surface area contributed by atoms with E-state index in [1.807, 2.05) is 19.1 Å². The lowest BCUT2D eigenvalue weighted by atomic mass is 10.3. The molecule has 0 saturated carbocycles. The van der Waals surface area contributed by atoms with E-state index in [-0.39, 0.29) is 6.10 Å². The van der Waals surface area contributed by atoms with Crippen LogP contribution in [-0.4, -0.2) is 19.8 Å². The Morgan fingerprint density at radius 1 is 1.50 bits per heavy atom. The van der Waals surface area contributed by atoms with E-state index in [1.165, 1.54) is 0 Å². The first-order chi connectivity index (χ1) is 6.63. The lowest BCUT2D eigenvalue weighted by molar-refractivity contribution is 0.0717. The van der Waals surface area contributed by atoms with Crippen molar-refractivity contribution in [1.82, 2.24) is 0 Å². The van der Waals surface area contributed by atoms with Gasteiger partial charge in [-0.25, -0.2) is 0 Å². The van der Waals surface area contributed by atoms with Gasteiger partial charge in [-0.05, 0) is 25.1 Å². The highest BCUT2D eigenvalue weighted by molar-refractivity contribution is 9.10. The Morgan fingerprint density at radius 2 is 2.21 bits per heavy atom. The van der Waals surface area contributed by atoms with Gasteiger partial charge in [0.05, 0.1) is 11.1 Å². The van der Waals surface area contributed by atoms with Crippen molar-refractivity contribution in [2.24, 2.45) is 0 Å². The summed E-state index contributed by atoms with van der Waals surface area (Å²) in [5, 5.41) is 0.608. The summed E-state index contributed by atoms with van der Waals surface area (Å²) < 4.78 is 11.5. The molecule has 4 heteroatoms. The number of hydrogen-bond acceptors (Lipinski definition) is 2. The summed E-state index contributed by atoms with van der Waals surface area (Å²) in [6, 6.07) is 5.50. The molecule has 0 heterocycles. The van der Waals surface area contributed by atoms with E-state index in [0.29, 0.717) is 17.4 Å². The fourth-order valence-corrected chi connectivity index (χ4v) is 1.38. The monoisotopic (exact) mass is 278 g/mol. The van der Waals surface area contributed by atoms with Crippen molar-refractivity contribution in [3.8, 4) is 5.75 Å². The average Bonchev–Trinajstić information content (AvgIpc) is 2.19. The number of benzene rings is 1. The van der Waals surface area contributed by atoms with Crippen LogP contribution < -0.4 is 4.74 Å². The van der Waals surface area contributed by atoms with E-state index in [0.717, 1.165) is 4.47 Å². The molecule has 1 aromatic rings. The third-order valence-electron chi connectivity index (χ3n) is 1.77. The lowest BCUT2D eigenvalue weighted by Crippen LogP contribution is -2.16. The molecule has 0 N–H and O–H groups in total. The van der Waals surface area contributed by atoms with Crippen molar-refractivity contribution in [2.75, 3.05) is 13.7 Å². The minimum atomic E-state index is 0.0602. The minimum absolute atomic E-state index is 0.0602. The van der Waals surface area contributed by atoms with Crippen molar-refractivity contribution >= 4 is 27.5 Å². The Balaban J connectivity index is 2.62. The van der Waals surface area contributed by atoms with Gasteiger partial charge in [0.15, 0.2) is 0 Å². The van der Waals surface area contributed by atoms with Crippen molar-refractivity contribution in [3.05, 3.63) is 27.7 Å². The van der Waals surface area contributed by atoms with Gasteiger partial charge in [-0.15, -0.1) is 0 Å². The highest BCUT2D eigenvalue weighted by Crippen LogP contribution is 2.27. The summed E-state index contributed by atoms with van der Waals surface area (Å²) in [7, 11) is 1.65. The van der Waals surface area contributed by atoms with Crippen LogP contribution in [0.4, 0.5) is 0 Å². The molecule has 14 heavy (non-hydrogen) atoms. The molecule has 0 radical (unpaired) electrons. The molecule has 1 atom stereocenters. The second kappa shape index (κ2) is 5.59. The van der Waals surface area contributed by atoms with Crippen LogP contribution in [0.2, 0.25) is 5.02 Å².